The Hall–Kier alpha value is -3.12. The molecule has 0 amide bonds. The van der Waals surface area contributed by atoms with E-state index < -0.39 is 14.6 Å². The zero-order valence-corrected chi connectivity index (χ0v) is 18.5. The molecule has 0 radical (unpaired) electrons. The summed E-state index contributed by atoms with van der Waals surface area (Å²) in [4.78, 5) is 15.5. The number of H-pyrrole nitrogens is 1. The first-order chi connectivity index (χ1) is 14.6. The standard InChI is InChI=1S/C22H25N5O3S/c1-22(2,3)31(29,30)16-8-6-15(7-9-16)25-20-19-18(11-13-24-21(19)28)27(26-20)17(10-12-23)14-4-5-14/h6-9,11,13-14,17H,4-5,10H2,1-3H3,(H,24,28)(H,25,26). The lowest BCUT2D eigenvalue weighted by atomic mass is 10.1. The molecule has 0 aliphatic heterocycles. The van der Waals surface area contributed by atoms with E-state index in [1.54, 1.807) is 62.0 Å². The third kappa shape index (κ3) is 3.83. The van der Waals surface area contributed by atoms with Gasteiger partial charge in [0, 0.05) is 11.9 Å². The van der Waals surface area contributed by atoms with Crippen LogP contribution >= 0.6 is 0 Å². The lowest BCUT2D eigenvalue weighted by Crippen LogP contribution is -2.27. The smallest absolute Gasteiger partial charge is 0.261 e. The molecule has 3 aromatic rings. The van der Waals surface area contributed by atoms with E-state index in [0.717, 1.165) is 12.8 Å². The minimum atomic E-state index is -3.46. The fourth-order valence-electron chi connectivity index (χ4n) is 3.67. The normalized spacial score (nSPS) is 15.5. The maximum atomic E-state index is 12.6. The van der Waals surface area contributed by atoms with Crippen LogP contribution in [-0.2, 0) is 9.84 Å². The number of nitrogens with zero attached hydrogens (tertiary/aromatic N) is 3. The van der Waals surface area contributed by atoms with Crippen molar-refractivity contribution in [2.75, 3.05) is 5.32 Å². The third-order valence-electron chi connectivity index (χ3n) is 5.64. The molecule has 1 unspecified atom stereocenters. The average Bonchev–Trinajstić information content (AvgIpc) is 3.48. The van der Waals surface area contributed by atoms with Crippen molar-refractivity contribution in [3.8, 4) is 6.07 Å². The molecule has 1 fully saturated rings. The highest BCUT2D eigenvalue weighted by molar-refractivity contribution is 7.92. The van der Waals surface area contributed by atoms with Crippen LogP contribution in [0.1, 0.15) is 46.1 Å². The molecule has 162 valence electrons. The lowest BCUT2D eigenvalue weighted by Gasteiger charge is -2.19. The summed E-state index contributed by atoms with van der Waals surface area (Å²) in [6.07, 6.45) is 3.99. The number of hydrogen-bond donors (Lipinski definition) is 2. The van der Waals surface area contributed by atoms with Crippen LogP contribution in [0.5, 0.6) is 0 Å². The largest absolute Gasteiger partial charge is 0.338 e. The Bertz CT molecular complexity index is 1320. The maximum absolute atomic E-state index is 12.6. The van der Waals surface area contributed by atoms with Gasteiger partial charge in [-0.15, -0.1) is 0 Å². The predicted molar refractivity (Wildman–Crippen MR) is 119 cm³/mol. The fraction of sp³-hybridized carbons (Fsp3) is 0.409. The van der Waals surface area contributed by atoms with Crippen molar-refractivity contribution in [3.63, 3.8) is 0 Å². The van der Waals surface area contributed by atoms with Gasteiger partial charge in [0.15, 0.2) is 15.7 Å². The van der Waals surface area contributed by atoms with Gasteiger partial charge in [0.25, 0.3) is 5.56 Å². The van der Waals surface area contributed by atoms with Gasteiger partial charge < -0.3 is 10.3 Å². The van der Waals surface area contributed by atoms with E-state index in [2.05, 4.69) is 21.5 Å². The van der Waals surface area contributed by atoms with Crippen molar-refractivity contribution < 1.29 is 8.42 Å². The van der Waals surface area contributed by atoms with Crippen molar-refractivity contribution in [1.82, 2.24) is 14.8 Å². The van der Waals surface area contributed by atoms with Gasteiger partial charge in [-0.05, 0) is 69.9 Å². The number of benzene rings is 1. The summed E-state index contributed by atoms with van der Waals surface area (Å²) in [5, 5.41) is 17.5. The molecule has 9 heteroatoms. The fourth-order valence-corrected chi connectivity index (χ4v) is 4.88. The Morgan fingerprint density at radius 3 is 2.52 bits per heavy atom. The Balaban J connectivity index is 1.73. The predicted octanol–water partition coefficient (Wildman–Crippen LogP) is 3.91. The zero-order chi connectivity index (χ0) is 22.4. The van der Waals surface area contributed by atoms with Gasteiger partial charge in [-0.2, -0.15) is 10.4 Å². The van der Waals surface area contributed by atoms with Gasteiger partial charge >= 0.3 is 0 Å². The van der Waals surface area contributed by atoms with Crippen LogP contribution in [-0.4, -0.2) is 27.9 Å². The van der Waals surface area contributed by atoms with Crippen LogP contribution in [0.25, 0.3) is 10.9 Å². The van der Waals surface area contributed by atoms with E-state index in [4.69, 9.17) is 0 Å². The maximum Gasteiger partial charge on any atom is 0.261 e. The zero-order valence-electron chi connectivity index (χ0n) is 17.7. The summed E-state index contributed by atoms with van der Waals surface area (Å²) < 4.78 is 26.2. The lowest BCUT2D eigenvalue weighted by molar-refractivity contribution is 0.426. The van der Waals surface area contributed by atoms with Crippen molar-refractivity contribution in [2.24, 2.45) is 5.92 Å². The topological polar surface area (TPSA) is 121 Å². The molecule has 0 spiro atoms. The molecular formula is C22H25N5O3S. The molecule has 1 atom stereocenters. The van der Waals surface area contributed by atoms with Crippen molar-refractivity contribution >= 4 is 32.2 Å². The van der Waals surface area contributed by atoms with E-state index in [-0.39, 0.29) is 16.5 Å². The summed E-state index contributed by atoms with van der Waals surface area (Å²) >= 11 is 0. The SMILES string of the molecule is CC(C)(C)S(=O)(=O)c1ccc(Nc2nn(C(CC#N)C3CC3)c3cc[nH]c(=O)c23)cc1. The summed E-state index contributed by atoms with van der Waals surface area (Å²) in [6, 6.07) is 10.4. The van der Waals surface area contributed by atoms with E-state index in [0.29, 0.717) is 34.7 Å². The number of anilines is 2. The molecule has 1 saturated carbocycles. The first kappa shape index (κ1) is 21.1. The van der Waals surface area contributed by atoms with Gasteiger partial charge in [0.1, 0.15) is 5.39 Å². The summed E-state index contributed by atoms with van der Waals surface area (Å²) in [5.74, 6) is 0.767. The second kappa shape index (κ2) is 7.54. The highest BCUT2D eigenvalue weighted by Gasteiger charge is 2.35. The molecule has 2 heterocycles. The average molecular weight is 440 g/mol. The molecule has 2 aromatic heterocycles. The third-order valence-corrected chi connectivity index (χ3v) is 8.15. The van der Waals surface area contributed by atoms with Gasteiger partial charge in [0.05, 0.1) is 33.7 Å². The number of aromatic nitrogens is 3. The van der Waals surface area contributed by atoms with E-state index >= 15 is 0 Å². The van der Waals surface area contributed by atoms with E-state index in [1.807, 2.05) is 0 Å². The number of hydrogen-bond acceptors (Lipinski definition) is 6. The monoisotopic (exact) mass is 439 g/mol. The van der Waals surface area contributed by atoms with Gasteiger partial charge in [-0.25, -0.2) is 8.42 Å². The van der Waals surface area contributed by atoms with Crippen LogP contribution in [0.3, 0.4) is 0 Å². The number of rotatable bonds is 6. The highest BCUT2D eigenvalue weighted by atomic mass is 32.2. The van der Waals surface area contributed by atoms with E-state index in [1.165, 1.54) is 0 Å². The van der Waals surface area contributed by atoms with Crippen LogP contribution in [0.4, 0.5) is 11.5 Å². The molecule has 0 saturated heterocycles. The van der Waals surface area contributed by atoms with Gasteiger partial charge in [-0.3, -0.25) is 9.48 Å². The number of fused-ring (bicyclic) bond motifs is 1. The summed E-state index contributed by atoms with van der Waals surface area (Å²) in [6.45, 7) is 4.99. The van der Waals surface area contributed by atoms with E-state index in [9.17, 15) is 18.5 Å². The Labute approximate surface area is 180 Å². The molecular weight excluding hydrogens is 414 g/mol. The molecule has 1 aromatic carbocycles. The molecule has 31 heavy (non-hydrogen) atoms. The Morgan fingerprint density at radius 2 is 1.94 bits per heavy atom. The van der Waals surface area contributed by atoms with Crippen LogP contribution in [0.15, 0.2) is 46.2 Å². The number of sulfone groups is 1. The number of nitrogens with one attached hydrogen (secondary N) is 2. The van der Waals surface area contributed by atoms with Crippen LogP contribution < -0.4 is 10.9 Å². The first-order valence-corrected chi connectivity index (χ1v) is 11.7. The molecule has 2 N–H and O–H groups in total. The quantitative estimate of drug-likeness (QED) is 0.601. The first-order valence-electron chi connectivity index (χ1n) is 10.2. The van der Waals surface area contributed by atoms with Gasteiger partial charge in [-0.1, -0.05) is 0 Å². The number of nitriles is 1. The van der Waals surface area contributed by atoms with Gasteiger partial charge in [0.2, 0.25) is 0 Å². The van der Waals surface area contributed by atoms with Crippen LogP contribution in [0.2, 0.25) is 0 Å². The number of pyridine rings is 1. The Kier molecular flexibility index (Phi) is 5.13. The van der Waals surface area contributed by atoms with Crippen LogP contribution in [0, 0.1) is 17.2 Å². The minimum absolute atomic E-state index is 0.0795. The highest BCUT2D eigenvalue weighted by Crippen LogP contribution is 2.43. The molecule has 1 aliphatic carbocycles. The summed E-state index contributed by atoms with van der Waals surface area (Å²) in [7, 11) is -3.46. The molecule has 8 nitrogen and oxygen atoms in total. The second-order valence-electron chi connectivity index (χ2n) is 8.89. The summed E-state index contributed by atoms with van der Waals surface area (Å²) in [5.41, 5.74) is 1.01. The Morgan fingerprint density at radius 1 is 1.26 bits per heavy atom. The minimum Gasteiger partial charge on any atom is -0.338 e. The van der Waals surface area contributed by atoms with Crippen molar-refractivity contribution in [3.05, 3.63) is 46.9 Å². The molecule has 0 bridgehead atoms. The number of aromatic amines is 1. The molecule has 1 aliphatic rings. The van der Waals surface area contributed by atoms with Crippen molar-refractivity contribution in [1.29, 1.82) is 5.26 Å². The second-order valence-corrected chi connectivity index (χ2v) is 11.6. The van der Waals surface area contributed by atoms with Crippen molar-refractivity contribution in [2.45, 2.75) is 55.7 Å². The molecule has 4 rings (SSSR count).